The molecule has 2 fully saturated rings. The number of alkyl carbamates (subject to hydrolysis) is 1. The van der Waals surface area contributed by atoms with Crippen LogP contribution in [0, 0.1) is 11.3 Å². The van der Waals surface area contributed by atoms with E-state index in [1.54, 1.807) is 30.2 Å². The van der Waals surface area contributed by atoms with Crippen LogP contribution < -0.4 is 25.4 Å². The Morgan fingerprint density at radius 2 is 1.85 bits per heavy atom. The summed E-state index contributed by atoms with van der Waals surface area (Å²) in [7, 11) is 1.57. The molecule has 0 spiro atoms. The molecule has 4 N–H and O–H groups in total. The van der Waals surface area contributed by atoms with Crippen LogP contribution in [0.3, 0.4) is 0 Å². The molecular formula is C50H61N7O9S. The van der Waals surface area contributed by atoms with E-state index < -0.39 is 65.0 Å². The monoisotopic (exact) mass is 935 g/mol. The number of carboxylic acid groups (broad SMARTS) is 1. The maximum Gasteiger partial charge on any atom is 0.408 e. The SMILES string of the molecule is COc1ccc2c(O[C@@H]3C[C@H]4C(=O)N[C@]5(C(=O)O)CC5/C=C\CCCCC[C@H](NC(=O)O[C@H](CN5CCc6ccccc6C5=O)C(C)(C)C)C(=O)N4C3)cc(-c3csc(NC(C)C)n3)nc2c1. The number of allylic oxidation sites excluding steroid dienone is 1. The average Bonchev–Trinajstić information content (AvgIpc) is 3.55. The molecule has 2 aromatic carbocycles. The first-order valence-corrected chi connectivity index (χ1v) is 24.2. The number of anilines is 1. The number of aliphatic carboxylic acids is 1. The number of carboxylic acids is 1. The Morgan fingerprint density at radius 3 is 2.61 bits per heavy atom. The maximum absolute atomic E-state index is 15.0. The number of rotatable bonds is 11. The first kappa shape index (κ1) is 47.3. The van der Waals surface area contributed by atoms with Gasteiger partial charge in [0.2, 0.25) is 11.8 Å². The average molecular weight is 936 g/mol. The summed E-state index contributed by atoms with van der Waals surface area (Å²) in [4.78, 5) is 82.7. The summed E-state index contributed by atoms with van der Waals surface area (Å²) in [6, 6.07) is 12.7. The van der Waals surface area contributed by atoms with Gasteiger partial charge in [0.25, 0.3) is 5.91 Å². The maximum atomic E-state index is 15.0. The third-order valence-electron chi connectivity index (χ3n) is 13.2. The number of nitrogens with zero attached hydrogens (tertiary/aromatic N) is 4. The normalized spacial score (nSPS) is 24.3. The number of ether oxygens (including phenoxy) is 3. The molecule has 16 nitrogen and oxygen atoms in total. The van der Waals surface area contributed by atoms with Gasteiger partial charge in [-0.2, -0.15) is 0 Å². The van der Waals surface area contributed by atoms with Crippen molar-refractivity contribution in [3.8, 4) is 22.9 Å². The third-order valence-corrected chi connectivity index (χ3v) is 13.9. The zero-order valence-electron chi connectivity index (χ0n) is 39.0. The highest BCUT2D eigenvalue weighted by Crippen LogP contribution is 2.46. The van der Waals surface area contributed by atoms with Crippen LogP contribution in [-0.2, 0) is 25.5 Å². The number of pyridine rings is 1. The highest BCUT2D eigenvalue weighted by atomic mass is 32.1. The number of carbonyl (C=O) groups excluding carboxylic acids is 4. The second kappa shape index (κ2) is 19.5. The van der Waals surface area contributed by atoms with Gasteiger partial charge >= 0.3 is 12.1 Å². The molecule has 2 aromatic heterocycles. The van der Waals surface area contributed by atoms with E-state index in [-0.39, 0.29) is 44.3 Å². The lowest BCUT2D eigenvalue weighted by Gasteiger charge is -2.37. The number of fused-ring (bicyclic) bond motifs is 4. The summed E-state index contributed by atoms with van der Waals surface area (Å²) < 4.78 is 18.4. The van der Waals surface area contributed by atoms with Crippen molar-refractivity contribution in [3.05, 3.63) is 77.2 Å². The molecule has 4 aromatic rings. The Kier molecular flexibility index (Phi) is 13.8. The molecule has 4 amide bonds. The van der Waals surface area contributed by atoms with Crippen LogP contribution in [-0.4, -0.2) is 117 Å². The molecular weight excluding hydrogens is 875 g/mol. The number of hydrogen-bond donors (Lipinski definition) is 4. The van der Waals surface area contributed by atoms with E-state index in [4.69, 9.17) is 24.2 Å². The number of carbonyl (C=O) groups is 5. The second-order valence-electron chi connectivity index (χ2n) is 19.5. The fourth-order valence-electron chi connectivity index (χ4n) is 9.21. The molecule has 17 heteroatoms. The van der Waals surface area contributed by atoms with Gasteiger partial charge in [0.1, 0.15) is 47.0 Å². The minimum absolute atomic E-state index is 0.0365. The minimum Gasteiger partial charge on any atom is -0.497 e. The Bertz CT molecular complexity index is 2560. The molecule has 1 aliphatic carbocycles. The van der Waals surface area contributed by atoms with Gasteiger partial charge in [0.15, 0.2) is 5.13 Å². The van der Waals surface area contributed by atoms with E-state index in [0.29, 0.717) is 65.2 Å². The van der Waals surface area contributed by atoms with Gasteiger partial charge < -0.3 is 45.1 Å². The van der Waals surface area contributed by atoms with E-state index in [1.807, 2.05) is 82.5 Å². The van der Waals surface area contributed by atoms with E-state index >= 15 is 4.79 Å². The quantitative estimate of drug-likeness (QED) is 0.110. The van der Waals surface area contributed by atoms with Gasteiger partial charge in [0, 0.05) is 58.8 Å². The Labute approximate surface area is 394 Å². The van der Waals surface area contributed by atoms with Crippen LogP contribution in [0.5, 0.6) is 11.5 Å². The van der Waals surface area contributed by atoms with Crippen LogP contribution in [0.15, 0.2) is 66.1 Å². The number of hydrogen-bond acceptors (Lipinski definition) is 12. The van der Waals surface area contributed by atoms with Crippen LogP contribution in [0.4, 0.5) is 9.93 Å². The summed E-state index contributed by atoms with van der Waals surface area (Å²) in [5, 5.41) is 22.8. The molecule has 1 saturated heterocycles. The lowest BCUT2D eigenvalue weighted by atomic mass is 9.88. The number of methoxy groups -OCH3 is 1. The number of nitrogens with one attached hydrogen (secondary N) is 3. The summed E-state index contributed by atoms with van der Waals surface area (Å²) in [6.45, 7) is 10.5. The highest BCUT2D eigenvalue weighted by molar-refractivity contribution is 7.14. The fourth-order valence-corrected chi connectivity index (χ4v) is 10.1. The fraction of sp³-hybridized carbons (Fsp3) is 0.500. The lowest BCUT2D eigenvalue weighted by molar-refractivity contribution is -0.145. The molecule has 1 saturated carbocycles. The standard InChI is InChI=1S/C50H61N7O9S/c1-29(2)51-47-53-39(28-67-47)38-24-41(35-19-18-32(64-6)22-37(35)52-38)65-33-23-40-43(58)55-50(46(61)62)25-31(50)15-10-8-7-9-11-17-36(45(60)57(40)26-33)54-48(63)66-42(49(3,4)5)27-56-21-20-30-14-12-13-16-34(30)44(56)59/h10,12-16,18-19,22,24,28-29,31,33,36,40,42H,7-9,11,17,20-21,23,25-27H2,1-6H3,(H,51,53)(H,54,63)(H,55,58)(H,61,62)/b15-10-/t31?,33-,36+,40+,42-,50-/m1/s1. The summed E-state index contributed by atoms with van der Waals surface area (Å²) in [5.74, 6) is -1.76. The predicted molar refractivity (Wildman–Crippen MR) is 254 cm³/mol. The summed E-state index contributed by atoms with van der Waals surface area (Å²) in [5.41, 5.74) is 1.29. The van der Waals surface area contributed by atoms with Crippen molar-refractivity contribution in [2.45, 2.75) is 122 Å². The molecule has 0 bridgehead atoms. The van der Waals surface area contributed by atoms with Crippen molar-refractivity contribution in [2.24, 2.45) is 11.3 Å². The summed E-state index contributed by atoms with van der Waals surface area (Å²) >= 11 is 1.45. The van der Waals surface area contributed by atoms with Crippen molar-refractivity contribution in [3.63, 3.8) is 0 Å². The summed E-state index contributed by atoms with van der Waals surface area (Å²) in [6.07, 6.45) is 5.57. The minimum atomic E-state index is -1.51. The molecule has 0 radical (unpaired) electrons. The second-order valence-corrected chi connectivity index (χ2v) is 20.3. The molecule has 1 unspecified atom stereocenters. The van der Waals surface area contributed by atoms with E-state index in [1.165, 1.54) is 16.2 Å². The lowest BCUT2D eigenvalue weighted by Crippen LogP contribution is -2.57. The first-order valence-electron chi connectivity index (χ1n) is 23.3. The molecule has 5 heterocycles. The zero-order chi connectivity index (χ0) is 47.6. The smallest absolute Gasteiger partial charge is 0.408 e. The van der Waals surface area contributed by atoms with Crippen LogP contribution in [0.2, 0.25) is 0 Å². The van der Waals surface area contributed by atoms with Crippen molar-refractivity contribution in [1.82, 2.24) is 30.4 Å². The topological polar surface area (TPSA) is 202 Å². The number of amides is 4. The van der Waals surface area contributed by atoms with Gasteiger partial charge in [-0.3, -0.25) is 14.4 Å². The van der Waals surface area contributed by atoms with Gasteiger partial charge in [-0.05, 0) is 69.7 Å². The first-order chi connectivity index (χ1) is 32.0. The van der Waals surface area contributed by atoms with Crippen molar-refractivity contribution in [2.75, 3.05) is 32.1 Å². The molecule has 8 rings (SSSR count). The molecule has 6 atom stereocenters. The zero-order valence-corrected chi connectivity index (χ0v) is 39.8. The Balaban J connectivity index is 1.08. The van der Waals surface area contributed by atoms with E-state index in [9.17, 15) is 24.3 Å². The highest BCUT2D eigenvalue weighted by Gasteiger charge is 2.61. The van der Waals surface area contributed by atoms with Gasteiger partial charge in [-0.1, -0.05) is 64.0 Å². The van der Waals surface area contributed by atoms with Gasteiger partial charge in [0.05, 0.1) is 31.4 Å². The Hall–Kier alpha value is -6.23. The Morgan fingerprint density at radius 1 is 1.04 bits per heavy atom. The molecule has 4 aliphatic rings. The van der Waals surface area contributed by atoms with Crippen LogP contribution in [0.25, 0.3) is 22.3 Å². The molecule has 67 heavy (non-hydrogen) atoms. The number of aromatic nitrogens is 2. The van der Waals surface area contributed by atoms with Gasteiger partial charge in [-0.25, -0.2) is 19.6 Å². The van der Waals surface area contributed by atoms with Gasteiger partial charge in [-0.15, -0.1) is 11.3 Å². The molecule has 3 aliphatic heterocycles. The largest absolute Gasteiger partial charge is 0.497 e. The number of thiazole rings is 1. The van der Waals surface area contributed by atoms with Crippen molar-refractivity contribution in [1.29, 1.82) is 0 Å². The van der Waals surface area contributed by atoms with Crippen LogP contribution in [0.1, 0.15) is 95.5 Å². The van der Waals surface area contributed by atoms with E-state index in [0.717, 1.165) is 23.5 Å². The van der Waals surface area contributed by atoms with Crippen LogP contribution >= 0.6 is 11.3 Å². The predicted octanol–water partition coefficient (Wildman–Crippen LogP) is 7.22. The van der Waals surface area contributed by atoms with Crippen molar-refractivity contribution < 1.29 is 43.3 Å². The number of benzene rings is 2. The third kappa shape index (κ3) is 10.5. The van der Waals surface area contributed by atoms with E-state index in [2.05, 4.69) is 16.0 Å². The molecule has 356 valence electrons. The van der Waals surface area contributed by atoms with Crippen molar-refractivity contribution >= 4 is 57.2 Å².